The Balaban J connectivity index is 1.35. The highest BCUT2D eigenvalue weighted by molar-refractivity contribution is 5.96. The lowest BCUT2D eigenvalue weighted by molar-refractivity contribution is 0.476. The molecule has 4 nitrogen and oxygen atoms in total. The summed E-state index contributed by atoms with van der Waals surface area (Å²) in [7, 11) is 0. The lowest BCUT2D eigenvalue weighted by Crippen LogP contribution is -2.27. The molecule has 302 valence electrons. The van der Waals surface area contributed by atoms with Crippen LogP contribution in [0.1, 0.15) is 118 Å². The number of anilines is 3. The molecule has 2 heterocycles. The molecule has 2 aliphatic rings. The van der Waals surface area contributed by atoms with Gasteiger partial charge in [0.2, 0.25) is 0 Å². The van der Waals surface area contributed by atoms with Gasteiger partial charge in [0.15, 0.2) is 0 Å². The van der Waals surface area contributed by atoms with Crippen LogP contribution in [-0.4, -0.2) is 15.1 Å². The summed E-state index contributed by atoms with van der Waals surface area (Å²) in [5, 5.41) is 12.1. The molecule has 4 heteroatoms. The minimum Gasteiger partial charge on any atom is -0.507 e. The highest BCUT2D eigenvalue weighted by atomic mass is 16.3. The number of pyridine rings is 2. The number of phenols is 1. The number of nitrogens with zero attached hydrogens (tertiary/aromatic N) is 3. The molecule has 0 fully saturated rings. The van der Waals surface area contributed by atoms with Crippen LogP contribution in [0.4, 0.5) is 17.2 Å². The molecule has 0 radical (unpaired) electrons. The number of aryl methyl sites for hydroxylation is 3. The van der Waals surface area contributed by atoms with E-state index in [1.165, 1.54) is 50.1 Å². The molecule has 2 aliphatic carbocycles. The molecule has 0 amide bonds. The fourth-order valence-corrected chi connectivity index (χ4v) is 9.78. The van der Waals surface area contributed by atoms with Crippen molar-refractivity contribution >= 4 is 17.2 Å². The fourth-order valence-electron chi connectivity index (χ4n) is 9.78. The predicted octanol–water partition coefficient (Wildman–Crippen LogP) is 14.5. The second kappa shape index (κ2) is 13.5. The molecule has 7 aromatic rings. The molecule has 0 atom stereocenters. The van der Waals surface area contributed by atoms with Gasteiger partial charge >= 0.3 is 0 Å². The van der Waals surface area contributed by atoms with Crippen LogP contribution < -0.4 is 4.90 Å². The Morgan fingerprint density at radius 1 is 0.517 bits per heavy atom. The van der Waals surface area contributed by atoms with Gasteiger partial charge in [-0.25, -0.2) is 4.98 Å². The Morgan fingerprint density at radius 3 is 1.68 bits per heavy atom. The molecule has 0 bridgehead atoms. The van der Waals surface area contributed by atoms with E-state index < -0.39 is 5.41 Å². The number of hydrogen-bond donors (Lipinski definition) is 1. The van der Waals surface area contributed by atoms with Crippen molar-refractivity contribution in [1.29, 1.82) is 0 Å². The van der Waals surface area contributed by atoms with Gasteiger partial charge in [-0.3, -0.25) is 9.88 Å². The summed E-state index contributed by atoms with van der Waals surface area (Å²) in [6.07, 6.45) is 0. The second-order valence-corrected chi connectivity index (χ2v) is 20.3. The molecule has 0 unspecified atom stereocenters. The fraction of sp³-hybridized carbons (Fsp3) is 0.286. The number of benzene rings is 5. The predicted molar refractivity (Wildman–Crippen MR) is 250 cm³/mol. The van der Waals surface area contributed by atoms with Crippen molar-refractivity contribution in [2.45, 2.75) is 105 Å². The third-order valence-electron chi connectivity index (χ3n) is 12.9. The molecule has 1 spiro atoms. The van der Waals surface area contributed by atoms with Crippen molar-refractivity contribution < 1.29 is 5.11 Å². The minimum absolute atomic E-state index is 0.00934. The van der Waals surface area contributed by atoms with Crippen LogP contribution in [0.5, 0.6) is 5.75 Å². The zero-order valence-corrected chi connectivity index (χ0v) is 37.3. The first-order valence-corrected chi connectivity index (χ1v) is 21.4. The first kappa shape index (κ1) is 39.5. The lowest BCUT2D eigenvalue weighted by Gasteiger charge is -2.33. The molecule has 0 saturated carbocycles. The Hall–Kier alpha value is -6.00. The molecular formula is C56H57N3O. The summed E-state index contributed by atoms with van der Waals surface area (Å²) in [6.45, 7) is 27.0. The highest BCUT2D eigenvalue weighted by Crippen LogP contribution is 2.64. The van der Waals surface area contributed by atoms with Crippen LogP contribution in [0.15, 0.2) is 121 Å². The van der Waals surface area contributed by atoms with E-state index in [4.69, 9.17) is 9.97 Å². The van der Waals surface area contributed by atoms with E-state index in [-0.39, 0.29) is 22.0 Å². The van der Waals surface area contributed by atoms with E-state index >= 15 is 0 Å². The van der Waals surface area contributed by atoms with E-state index in [1.54, 1.807) is 0 Å². The van der Waals surface area contributed by atoms with Crippen molar-refractivity contribution in [2.24, 2.45) is 0 Å². The number of rotatable bonds is 4. The second-order valence-electron chi connectivity index (χ2n) is 20.3. The Bertz CT molecular complexity index is 2790. The van der Waals surface area contributed by atoms with Crippen LogP contribution in [0.2, 0.25) is 0 Å². The van der Waals surface area contributed by atoms with Gasteiger partial charge in [0.1, 0.15) is 11.6 Å². The van der Waals surface area contributed by atoms with Gasteiger partial charge in [-0.1, -0.05) is 147 Å². The number of aromatic nitrogens is 2. The van der Waals surface area contributed by atoms with Gasteiger partial charge in [0.25, 0.3) is 0 Å². The van der Waals surface area contributed by atoms with Crippen molar-refractivity contribution in [3.8, 4) is 39.4 Å². The normalized spacial score (nSPS) is 13.9. The Morgan fingerprint density at radius 2 is 1.10 bits per heavy atom. The summed E-state index contributed by atoms with van der Waals surface area (Å²) < 4.78 is 0. The first-order chi connectivity index (χ1) is 28.3. The van der Waals surface area contributed by atoms with Gasteiger partial charge in [-0.15, -0.1) is 0 Å². The van der Waals surface area contributed by atoms with Gasteiger partial charge in [0, 0.05) is 22.5 Å². The molecular weight excluding hydrogens is 731 g/mol. The summed E-state index contributed by atoms with van der Waals surface area (Å²) in [5.74, 6) is 1.03. The summed E-state index contributed by atoms with van der Waals surface area (Å²) >= 11 is 0. The molecule has 60 heavy (non-hydrogen) atoms. The van der Waals surface area contributed by atoms with Crippen LogP contribution in [0, 0.1) is 20.8 Å². The van der Waals surface area contributed by atoms with E-state index in [0.717, 1.165) is 56.5 Å². The molecule has 1 N–H and O–H groups in total. The molecule has 0 saturated heterocycles. The van der Waals surface area contributed by atoms with E-state index in [2.05, 4.69) is 184 Å². The average molecular weight is 788 g/mol. The summed E-state index contributed by atoms with van der Waals surface area (Å²) in [4.78, 5) is 13.0. The number of aromatic hydroxyl groups is 1. The van der Waals surface area contributed by atoms with Crippen molar-refractivity contribution in [2.75, 3.05) is 4.90 Å². The Kier molecular flexibility index (Phi) is 8.88. The topological polar surface area (TPSA) is 49.2 Å². The number of hydrogen-bond acceptors (Lipinski definition) is 4. The molecule has 2 aromatic heterocycles. The third kappa shape index (κ3) is 6.09. The van der Waals surface area contributed by atoms with Crippen LogP contribution in [0.25, 0.3) is 33.6 Å². The molecule has 0 aliphatic heterocycles. The van der Waals surface area contributed by atoms with Gasteiger partial charge in [0.05, 0.1) is 22.5 Å². The third-order valence-corrected chi connectivity index (χ3v) is 12.9. The smallest absolute Gasteiger partial charge is 0.138 e. The van der Waals surface area contributed by atoms with Gasteiger partial charge < -0.3 is 5.11 Å². The Labute approximate surface area is 357 Å². The zero-order valence-electron chi connectivity index (χ0n) is 37.3. The standard InChI is InChI=1S/C56H57N3O/c1-33-28-39(55(10,11)12)29-34(2)52(33)59(40-18-14-17-36(30-40)47-20-13-16-35(3)57-47)49-27-26-44-51(58-49)50-43(19-15-21-48(50)60)56(44)45-31-37(53(4,5)6)22-24-41(45)42-25-23-38(32-46(42)56)54(7,8)9/h13-32,60H,1-12H3. The van der Waals surface area contributed by atoms with Crippen molar-refractivity contribution in [1.82, 2.24) is 9.97 Å². The van der Waals surface area contributed by atoms with Crippen molar-refractivity contribution in [3.63, 3.8) is 0 Å². The zero-order chi connectivity index (χ0) is 42.7. The molecule has 9 rings (SSSR count). The monoisotopic (exact) mass is 787 g/mol. The minimum atomic E-state index is -0.677. The summed E-state index contributed by atoms with van der Waals surface area (Å²) in [6, 6.07) is 44.2. The summed E-state index contributed by atoms with van der Waals surface area (Å²) in [5.41, 5.74) is 19.1. The SMILES string of the molecule is Cc1cccc(-c2cccc(N(c3ccc4c(n3)-c3c(O)cccc3C43c4cc(C(C)(C)C)ccc4-c4ccc(C(C)(C)C)cc43)c3c(C)cc(C(C)(C)C)cc3C)c2)n1. The van der Waals surface area contributed by atoms with Crippen LogP contribution in [0.3, 0.4) is 0 Å². The van der Waals surface area contributed by atoms with Gasteiger partial charge in [-0.2, -0.15) is 0 Å². The van der Waals surface area contributed by atoms with E-state index in [1.807, 2.05) is 25.1 Å². The lowest BCUT2D eigenvalue weighted by atomic mass is 9.69. The largest absolute Gasteiger partial charge is 0.507 e. The van der Waals surface area contributed by atoms with E-state index in [0.29, 0.717) is 0 Å². The molecule has 5 aromatic carbocycles. The maximum absolute atomic E-state index is 12.1. The average Bonchev–Trinajstić information content (AvgIpc) is 3.65. The maximum atomic E-state index is 12.1. The highest BCUT2D eigenvalue weighted by Gasteiger charge is 2.54. The quantitative estimate of drug-likeness (QED) is 0.193. The van der Waals surface area contributed by atoms with E-state index in [9.17, 15) is 5.11 Å². The van der Waals surface area contributed by atoms with Gasteiger partial charge in [-0.05, 0) is 135 Å². The van der Waals surface area contributed by atoms with Crippen LogP contribution >= 0.6 is 0 Å². The number of fused-ring (bicyclic) bond motifs is 10. The van der Waals surface area contributed by atoms with Crippen molar-refractivity contribution in [3.05, 3.63) is 177 Å². The first-order valence-electron chi connectivity index (χ1n) is 21.4. The van der Waals surface area contributed by atoms with Crippen LogP contribution in [-0.2, 0) is 21.7 Å². The maximum Gasteiger partial charge on any atom is 0.138 e. The number of phenolic OH excluding ortho intramolecular Hbond substituents is 1.